The molecule has 1 amide bonds. The number of nitrogens with zero attached hydrogens (tertiary/aromatic N) is 1. The first-order valence-electron chi connectivity index (χ1n) is 7.08. The molecule has 4 heteroatoms. The summed E-state index contributed by atoms with van der Waals surface area (Å²) in [5, 5.41) is 0. The van der Waals surface area contributed by atoms with Crippen molar-refractivity contribution in [2.24, 2.45) is 5.92 Å². The lowest BCUT2D eigenvalue weighted by molar-refractivity contribution is -0.114. The Morgan fingerprint density at radius 3 is 2.57 bits per heavy atom. The molecule has 1 atom stereocenters. The van der Waals surface area contributed by atoms with Crippen molar-refractivity contribution in [1.29, 1.82) is 0 Å². The molecule has 1 aromatic carbocycles. The van der Waals surface area contributed by atoms with E-state index in [2.05, 4.69) is 6.92 Å². The molecule has 1 heterocycles. The van der Waals surface area contributed by atoms with Gasteiger partial charge in [-0.25, -0.2) is 4.79 Å². The predicted molar refractivity (Wildman–Crippen MR) is 80.6 cm³/mol. The first kappa shape index (κ1) is 15.0. The van der Waals surface area contributed by atoms with Gasteiger partial charge in [0.2, 0.25) is 0 Å². The Balaban J connectivity index is 2.12. The van der Waals surface area contributed by atoms with Crippen LogP contribution in [-0.4, -0.2) is 16.8 Å². The number of ether oxygens (including phenoxy) is 1. The summed E-state index contributed by atoms with van der Waals surface area (Å²) in [5.74, 6) is 0.535. The second-order valence-electron chi connectivity index (χ2n) is 4.97. The Labute approximate surface area is 124 Å². The lowest BCUT2D eigenvalue weighted by Crippen LogP contribution is -2.28. The minimum Gasteiger partial charge on any atom is -0.410 e. The highest BCUT2D eigenvalue weighted by atomic mass is 16.6. The van der Waals surface area contributed by atoms with Gasteiger partial charge in [0.1, 0.15) is 5.75 Å². The molecule has 0 aliphatic carbocycles. The van der Waals surface area contributed by atoms with Crippen molar-refractivity contribution in [3.05, 3.63) is 54.4 Å². The molecule has 1 aromatic rings. The number of carbonyl (C=O) groups excluding carboxylic acids is 2. The summed E-state index contributed by atoms with van der Waals surface area (Å²) in [6.07, 6.45) is 6.47. The monoisotopic (exact) mass is 285 g/mol. The van der Waals surface area contributed by atoms with Crippen LogP contribution in [0.4, 0.5) is 4.79 Å². The number of ketones is 1. The maximum absolute atomic E-state index is 12.1. The highest BCUT2D eigenvalue weighted by Crippen LogP contribution is 2.25. The molecule has 1 aliphatic rings. The number of Topliss-reactive ketones (excluding diaryl/α,β-unsaturated/α-hetero) is 1. The van der Waals surface area contributed by atoms with Gasteiger partial charge in [0.05, 0.1) is 0 Å². The molecule has 0 bridgehead atoms. The molecule has 1 aliphatic heterocycles. The highest BCUT2D eigenvalue weighted by Gasteiger charge is 2.23. The zero-order valence-corrected chi connectivity index (χ0v) is 12.3. The summed E-state index contributed by atoms with van der Waals surface area (Å²) in [6.45, 7) is 3.59. The quantitative estimate of drug-likeness (QED) is 0.842. The third kappa shape index (κ3) is 3.81. The van der Waals surface area contributed by atoms with Crippen LogP contribution >= 0.6 is 0 Å². The second-order valence-corrected chi connectivity index (χ2v) is 4.97. The minimum absolute atomic E-state index is 0.0182. The van der Waals surface area contributed by atoms with Crippen LogP contribution in [0.5, 0.6) is 5.75 Å². The van der Waals surface area contributed by atoms with Gasteiger partial charge in [-0.05, 0) is 25.5 Å². The molecule has 0 fully saturated rings. The van der Waals surface area contributed by atoms with Crippen LogP contribution in [0.15, 0.2) is 54.4 Å². The Hall–Kier alpha value is -2.36. The average Bonchev–Trinajstić information content (AvgIpc) is 2.48. The van der Waals surface area contributed by atoms with Crippen molar-refractivity contribution in [3.8, 4) is 5.75 Å². The number of hydrogen-bond donors (Lipinski definition) is 0. The topological polar surface area (TPSA) is 46.6 Å². The average molecular weight is 285 g/mol. The summed E-state index contributed by atoms with van der Waals surface area (Å²) in [7, 11) is 0. The van der Waals surface area contributed by atoms with Crippen LogP contribution in [0.2, 0.25) is 0 Å². The maximum atomic E-state index is 12.1. The number of amides is 1. The minimum atomic E-state index is -0.522. The zero-order chi connectivity index (χ0) is 15.2. The Kier molecular flexibility index (Phi) is 4.93. The molecule has 0 N–H and O–H groups in total. The van der Waals surface area contributed by atoms with Crippen molar-refractivity contribution >= 4 is 11.9 Å². The van der Waals surface area contributed by atoms with E-state index in [4.69, 9.17) is 4.74 Å². The van der Waals surface area contributed by atoms with Crippen molar-refractivity contribution < 1.29 is 14.3 Å². The predicted octanol–water partition coefficient (Wildman–Crippen LogP) is 3.90. The van der Waals surface area contributed by atoms with Crippen LogP contribution in [0.3, 0.4) is 0 Å². The smallest absolute Gasteiger partial charge is 0.410 e. The number of para-hydroxylation sites is 1. The number of hydrogen-bond acceptors (Lipinski definition) is 3. The number of carbonyl (C=O) groups is 2. The summed E-state index contributed by atoms with van der Waals surface area (Å²) in [6, 6.07) is 8.86. The van der Waals surface area contributed by atoms with Gasteiger partial charge in [0, 0.05) is 23.9 Å². The maximum Gasteiger partial charge on any atom is 0.423 e. The lowest BCUT2D eigenvalue weighted by atomic mass is 9.91. The van der Waals surface area contributed by atoms with Crippen molar-refractivity contribution in [2.75, 3.05) is 0 Å². The van der Waals surface area contributed by atoms with E-state index in [1.165, 1.54) is 11.8 Å². The van der Waals surface area contributed by atoms with Crippen molar-refractivity contribution in [2.45, 2.75) is 26.7 Å². The van der Waals surface area contributed by atoms with E-state index in [-0.39, 0.29) is 11.7 Å². The normalized spacial score (nSPS) is 17.3. The molecule has 110 valence electrons. The SMILES string of the molecule is CCCC1C=CN(C(=O)Oc2ccccc2)C=C1C(C)=O. The molecule has 2 rings (SSSR count). The van der Waals surface area contributed by atoms with Crippen LogP contribution in [0.25, 0.3) is 0 Å². The van der Waals surface area contributed by atoms with Gasteiger partial charge in [-0.3, -0.25) is 9.69 Å². The van der Waals surface area contributed by atoms with E-state index in [1.807, 2.05) is 12.1 Å². The van der Waals surface area contributed by atoms with E-state index in [0.717, 1.165) is 12.8 Å². The molecule has 4 nitrogen and oxygen atoms in total. The summed E-state index contributed by atoms with van der Waals surface area (Å²) in [5.41, 5.74) is 0.643. The Morgan fingerprint density at radius 2 is 1.95 bits per heavy atom. The third-order valence-corrected chi connectivity index (χ3v) is 3.32. The van der Waals surface area contributed by atoms with E-state index >= 15 is 0 Å². The summed E-state index contributed by atoms with van der Waals surface area (Å²) < 4.78 is 5.26. The van der Waals surface area contributed by atoms with Gasteiger partial charge in [0.15, 0.2) is 5.78 Å². The fourth-order valence-electron chi connectivity index (χ4n) is 2.26. The first-order valence-corrected chi connectivity index (χ1v) is 7.08. The molecule has 0 saturated carbocycles. The molecule has 1 unspecified atom stereocenters. The van der Waals surface area contributed by atoms with Crippen molar-refractivity contribution in [3.63, 3.8) is 0 Å². The van der Waals surface area contributed by atoms with Crippen LogP contribution < -0.4 is 4.74 Å². The second kappa shape index (κ2) is 6.88. The summed E-state index contributed by atoms with van der Waals surface area (Å²) >= 11 is 0. The fourth-order valence-corrected chi connectivity index (χ4v) is 2.26. The number of rotatable bonds is 4. The third-order valence-electron chi connectivity index (χ3n) is 3.32. The highest BCUT2D eigenvalue weighted by molar-refractivity contribution is 5.95. The molecule has 0 radical (unpaired) electrons. The molecule has 0 aromatic heterocycles. The zero-order valence-electron chi connectivity index (χ0n) is 12.3. The van der Waals surface area contributed by atoms with E-state index in [9.17, 15) is 9.59 Å². The van der Waals surface area contributed by atoms with Gasteiger partial charge < -0.3 is 4.74 Å². The molecule has 0 saturated heterocycles. The standard InChI is InChI=1S/C17H19NO3/c1-3-7-14-10-11-18(12-16(14)13(2)19)17(20)21-15-8-5-4-6-9-15/h4-6,8-12,14H,3,7H2,1-2H3. The molecule has 0 spiro atoms. The van der Waals surface area contributed by atoms with Gasteiger partial charge in [-0.1, -0.05) is 37.6 Å². The Morgan fingerprint density at radius 1 is 1.24 bits per heavy atom. The fraction of sp³-hybridized carbons (Fsp3) is 0.294. The van der Waals surface area contributed by atoms with Crippen LogP contribution in [-0.2, 0) is 4.79 Å². The Bertz CT molecular complexity index is 575. The van der Waals surface area contributed by atoms with Gasteiger partial charge in [0.25, 0.3) is 0 Å². The lowest BCUT2D eigenvalue weighted by Gasteiger charge is -2.24. The number of allylic oxidation sites excluding steroid dienone is 2. The molecular weight excluding hydrogens is 266 g/mol. The van der Waals surface area contributed by atoms with E-state index in [1.54, 1.807) is 36.7 Å². The summed E-state index contributed by atoms with van der Waals surface area (Å²) in [4.78, 5) is 25.1. The number of benzene rings is 1. The largest absolute Gasteiger partial charge is 0.423 e. The van der Waals surface area contributed by atoms with Gasteiger partial charge in [-0.2, -0.15) is 0 Å². The van der Waals surface area contributed by atoms with Gasteiger partial charge >= 0.3 is 6.09 Å². The van der Waals surface area contributed by atoms with Gasteiger partial charge in [-0.15, -0.1) is 0 Å². The first-order chi connectivity index (χ1) is 10.1. The molecular formula is C17H19NO3. The van der Waals surface area contributed by atoms with Crippen molar-refractivity contribution in [1.82, 2.24) is 4.90 Å². The van der Waals surface area contributed by atoms with Crippen LogP contribution in [0, 0.1) is 5.92 Å². The van der Waals surface area contributed by atoms with Crippen LogP contribution in [0.1, 0.15) is 26.7 Å². The molecule has 21 heavy (non-hydrogen) atoms. The van der Waals surface area contributed by atoms with E-state index < -0.39 is 6.09 Å². The van der Waals surface area contributed by atoms with E-state index in [0.29, 0.717) is 11.3 Å².